The van der Waals surface area contributed by atoms with E-state index in [1.165, 1.54) is 6.92 Å². The molecule has 0 radical (unpaired) electrons. The Morgan fingerprint density at radius 2 is 2.05 bits per heavy atom. The Labute approximate surface area is 108 Å². The average Bonchev–Trinajstić information content (AvgIpc) is 2.36. The molecule has 8 heteroatoms. The summed E-state index contributed by atoms with van der Waals surface area (Å²) in [5.74, 6) is 0. The molecule has 0 spiro atoms. The van der Waals surface area contributed by atoms with Crippen LogP contribution >= 0.6 is 0 Å². The van der Waals surface area contributed by atoms with Gasteiger partial charge >= 0.3 is 6.16 Å². The summed E-state index contributed by atoms with van der Waals surface area (Å²) in [6.45, 7) is 1.10. The lowest BCUT2D eigenvalue weighted by molar-refractivity contribution is -0.777. The lowest BCUT2D eigenvalue weighted by Crippen LogP contribution is -2.21. The van der Waals surface area contributed by atoms with Gasteiger partial charge in [0.05, 0.1) is 0 Å². The fraction of sp³-hybridized carbons (Fsp3) is 0.273. The lowest BCUT2D eigenvalue weighted by Gasteiger charge is -2.10. The molecule has 0 aliphatic heterocycles. The first-order valence-corrected chi connectivity index (χ1v) is 5.20. The van der Waals surface area contributed by atoms with E-state index in [4.69, 9.17) is 4.74 Å². The number of carbonyl (C=O) groups is 2. The van der Waals surface area contributed by atoms with Crippen molar-refractivity contribution >= 4 is 12.4 Å². The average molecular weight is 269 g/mol. The molecule has 1 atom stereocenters. The van der Waals surface area contributed by atoms with Gasteiger partial charge in [0.25, 0.3) is 5.09 Å². The highest BCUT2D eigenvalue weighted by Crippen LogP contribution is 2.05. The third-order valence-corrected chi connectivity index (χ3v) is 1.97. The summed E-state index contributed by atoms with van der Waals surface area (Å²) in [5.41, 5.74) is 1.14. The lowest BCUT2D eigenvalue weighted by atomic mass is 10.2. The Balaban J connectivity index is 2.36. The van der Waals surface area contributed by atoms with Gasteiger partial charge in [-0.05, 0) is 12.5 Å². The van der Waals surface area contributed by atoms with Gasteiger partial charge < -0.3 is 9.47 Å². The number of ether oxygens (including phenoxy) is 2. The number of hydrogen-bond acceptors (Lipinski definition) is 7. The number of hydrogen-bond donors (Lipinski definition) is 0. The van der Waals surface area contributed by atoms with Crippen LogP contribution in [0.5, 0.6) is 0 Å². The largest absolute Gasteiger partial charge is 0.510 e. The summed E-state index contributed by atoms with van der Waals surface area (Å²) in [5, 5.41) is 8.88. The molecule has 8 nitrogen and oxygen atoms in total. The summed E-state index contributed by atoms with van der Waals surface area (Å²) in [7, 11) is 0. The summed E-state index contributed by atoms with van der Waals surface area (Å²) < 4.78 is 9.15. The highest BCUT2D eigenvalue weighted by atomic mass is 17.0. The van der Waals surface area contributed by atoms with Gasteiger partial charge in [-0.25, -0.2) is 4.79 Å². The van der Waals surface area contributed by atoms with Gasteiger partial charge in [0.1, 0.15) is 12.9 Å². The molecule has 0 aliphatic carbocycles. The van der Waals surface area contributed by atoms with Crippen molar-refractivity contribution in [1.29, 1.82) is 0 Å². The zero-order chi connectivity index (χ0) is 14.3. The SMILES string of the molecule is CC(OC(=O)OCc1ccc(C=O)cc1)O[N+](=O)[O-]. The van der Waals surface area contributed by atoms with Crippen molar-refractivity contribution in [1.82, 2.24) is 0 Å². The van der Waals surface area contributed by atoms with Crippen LogP contribution in [-0.4, -0.2) is 23.8 Å². The molecule has 0 heterocycles. The molecule has 0 amide bonds. The van der Waals surface area contributed by atoms with E-state index in [0.29, 0.717) is 17.4 Å². The van der Waals surface area contributed by atoms with Gasteiger partial charge in [-0.15, -0.1) is 10.1 Å². The van der Waals surface area contributed by atoms with Crippen molar-refractivity contribution in [3.63, 3.8) is 0 Å². The van der Waals surface area contributed by atoms with Crippen LogP contribution in [0.2, 0.25) is 0 Å². The predicted molar refractivity (Wildman–Crippen MR) is 60.6 cm³/mol. The second-order valence-electron chi connectivity index (χ2n) is 3.41. The molecule has 1 unspecified atom stereocenters. The van der Waals surface area contributed by atoms with Crippen LogP contribution in [0.25, 0.3) is 0 Å². The molecule has 0 bridgehead atoms. The molecule has 1 aromatic rings. The zero-order valence-electron chi connectivity index (χ0n) is 9.98. The minimum absolute atomic E-state index is 0.0802. The van der Waals surface area contributed by atoms with E-state index in [2.05, 4.69) is 9.57 Å². The summed E-state index contributed by atoms with van der Waals surface area (Å²) >= 11 is 0. The smallest absolute Gasteiger partial charge is 0.429 e. The molecule has 1 rings (SSSR count). The molecule has 102 valence electrons. The topological polar surface area (TPSA) is 105 Å². The minimum Gasteiger partial charge on any atom is -0.429 e. The highest BCUT2D eigenvalue weighted by molar-refractivity contribution is 5.74. The Morgan fingerprint density at radius 3 is 2.58 bits per heavy atom. The summed E-state index contributed by atoms with van der Waals surface area (Å²) in [6.07, 6.45) is -1.75. The van der Waals surface area contributed by atoms with Gasteiger partial charge in [0, 0.05) is 5.56 Å². The molecule has 0 fully saturated rings. The first kappa shape index (κ1) is 14.4. The summed E-state index contributed by atoms with van der Waals surface area (Å²) in [4.78, 5) is 35.5. The van der Waals surface area contributed by atoms with Crippen LogP contribution in [-0.2, 0) is 20.9 Å². The molecule has 0 aliphatic rings. The fourth-order valence-corrected chi connectivity index (χ4v) is 1.15. The molecule has 0 saturated carbocycles. The highest BCUT2D eigenvalue weighted by Gasteiger charge is 2.13. The second kappa shape index (κ2) is 6.94. The van der Waals surface area contributed by atoms with E-state index in [1.54, 1.807) is 24.3 Å². The maximum Gasteiger partial charge on any atom is 0.510 e. The fourth-order valence-electron chi connectivity index (χ4n) is 1.15. The van der Waals surface area contributed by atoms with E-state index in [9.17, 15) is 19.7 Å². The standard InChI is InChI=1S/C11H11NO7/c1-8(19-12(15)16)18-11(14)17-7-10-4-2-9(6-13)3-5-10/h2-6,8H,7H2,1H3. The quantitative estimate of drug-likeness (QED) is 0.254. The van der Waals surface area contributed by atoms with Gasteiger partial charge in [-0.3, -0.25) is 9.63 Å². The van der Waals surface area contributed by atoms with E-state index >= 15 is 0 Å². The maximum absolute atomic E-state index is 11.1. The molecule has 19 heavy (non-hydrogen) atoms. The Bertz CT molecular complexity index is 457. The van der Waals surface area contributed by atoms with E-state index in [-0.39, 0.29) is 6.61 Å². The van der Waals surface area contributed by atoms with E-state index in [0.717, 1.165) is 0 Å². The van der Waals surface area contributed by atoms with Crippen molar-refractivity contribution < 1.29 is 29.0 Å². The van der Waals surface area contributed by atoms with Crippen LogP contribution in [0.15, 0.2) is 24.3 Å². The van der Waals surface area contributed by atoms with Gasteiger partial charge in [-0.1, -0.05) is 24.3 Å². The summed E-state index contributed by atoms with van der Waals surface area (Å²) in [6, 6.07) is 6.34. The Hall–Kier alpha value is -2.64. The van der Waals surface area contributed by atoms with Crippen molar-refractivity contribution in [3.05, 3.63) is 45.5 Å². The predicted octanol–water partition coefficient (Wildman–Crippen LogP) is 1.71. The van der Waals surface area contributed by atoms with Crippen molar-refractivity contribution in [2.24, 2.45) is 0 Å². The third kappa shape index (κ3) is 5.48. The Morgan fingerprint density at radius 1 is 1.42 bits per heavy atom. The minimum atomic E-state index is -1.35. The van der Waals surface area contributed by atoms with Gasteiger partial charge in [0.15, 0.2) is 0 Å². The number of benzene rings is 1. The number of carbonyl (C=O) groups excluding carboxylic acids is 2. The van der Waals surface area contributed by atoms with Crippen LogP contribution < -0.4 is 0 Å². The molecule has 0 N–H and O–H groups in total. The van der Waals surface area contributed by atoms with Crippen molar-refractivity contribution in [2.75, 3.05) is 0 Å². The van der Waals surface area contributed by atoms with Crippen LogP contribution in [0, 0.1) is 10.1 Å². The molecular weight excluding hydrogens is 258 g/mol. The Kier molecular flexibility index (Phi) is 5.27. The number of aldehydes is 1. The molecule has 0 saturated heterocycles. The van der Waals surface area contributed by atoms with E-state index in [1.807, 2.05) is 0 Å². The first-order chi connectivity index (χ1) is 9.01. The van der Waals surface area contributed by atoms with Gasteiger partial charge in [0.2, 0.25) is 6.29 Å². The monoisotopic (exact) mass is 269 g/mol. The molecule has 0 aromatic heterocycles. The van der Waals surface area contributed by atoms with Crippen LogP contribution in [0.3, 0.4) is 0 Å². The normalized spacial score (nSPS) is 11.2. The van der Waals surface area contributed by atoms with Crippen molar-refractivity contribution in [2.45, 2.75) is 19.8 Å². The first-order valence-electron chi connectivity index (χ1n) is 5.20. The van der Waals surface area contributed by atoms with Gasteiger partial charge in [-0.2, -0.15) is 0 Å². The van der Waals surface area contributed by atoms with Crippen LogP contribution in [0.1, 0.15) is 22.8 Å². The number of nitrogens with zero attached hydrogens (tertiary/aromatic N) is 1. The third-order valence-electron chi connectivity index (χ3n) is 1.97. The number of rotatable bonds is 6. The molecule has 1 aromatic carbocycles. The molecular formula is C11H11NO7. The maximum atomic E-state index is 11.1. The second-order valence-corrected chi connectivity index (χ2v) is 3.41. The van der Waals surface area contributed by atoms with E-state index < -0.39 is 17.5 Å². The van der Waals surface area contributed by atoms with Crippen molar-refractivity contribution in [3.8, 4) is 0 Å². The zero-order valence-corrected chi connectivity index (χ0v) is 9.98. The van der Waals surface area contributed by atoms with Crippen LogP contribution in [0.4, 0.5) is 4.79 Å².